The molecular formula is C27H28ClF3N6O4. The molecule has 41 heavy (non-hydrogen) atoms. The number of hydrogen-bond acceptors (Lipinski definition) is 8. The number of carbonyl (C=O) groups is 2. The quantitative estimate of drug-likeness (QED) is 0.286. The zero-order valence-corrected chi connectivity index (χ0v) is 23.1. The van der Waals surface area contributed by atoms with E-state index in [1.54, 1.807) is 54.0 Å². The third-order valence-corrected chi connectivity index (χ3v) is 6.64. The number of aromatic nitrogens is 3. The van der Waals surface area contributed by atoms with Crippen molar-refractivity contribution < 1.29 is 32.3 Å². The number of carbonyl (C=O) groups excluding carboxylic acids is 2. The first-order valence-electron chi connectivity index (χ1n) is 12.8. The highest BCUT2D eigenvalue weighted by molar-refractivity contribution is 6.30. The second kappa shape index (κ2) is 12.7. The van der Waals surface area contributed by atoms with Gasteiger partial charge in [-0.1, -0.05) is 30.2 Å². The maximum atomic E-state index is 13.4. The number of amides is 1. The molecule has 2 N–H and O–H groups in total. The Morgan fingerprint density at radius 3 is 2.49 bits per heavy atom. The van der Waals surface area contributed by atoms with Crippen molar-refractivity contribution in [3.63, 3.8) is 0 Å². The van der Waals surface area contributed by atoms with E-state index in [2.05, 4.69) is 15.0 Å². The fourth-order valence-electron chi connectivity index (χ4n) is 4.39. The minimum absolute atomic E-state index is 0.246. The summed E-state index contributed by atoms with van der Waals surface area (Å²) in [6.45, 7) is 1.86. The summed E-state index contributed by atoms with van der Waals surface area (Å²) in [7, 11) is 1.53. The molecule has 1 aliphatic heterocycles. The molecule has 10 nitrogen and oxygen atoms in total. The zero-order chi connectivity index (χ0) is 29.7. The van der Waals surface area contributed by atoms with Gasteiger partial charge in [-0.25, -0.2) is 4.79 Å². The van der Waals surface area contributed by atoms with E-state index in [0.29, 0.717) is 63.6 Å². The lowest BCUT2D eigenvalue weighted by Gasteiger charge is -2.23. The van der Waals surface area contributed by atoms with Crippen LogP contribution in [0.2, 0.25) is 5.02 Å². The van der Waals surface area contributed by atoms with Crippen LogP contribution in [-0.4, -0.2) is 63.8 Å². The normalized spacial score (nSPS) is 14.4. The van der Waals surface area contributed by atoms with Gasteiger partial charge in [0.2, 0.25) is 0 Å². The van der Waals surface area contributed by atoms with E-state index < -0.39 is 30.5 Å². The fraction of sp³-hybridized carbons (Fsp3) is 0.370. The van der Waals surface area contributed by atoms with Crippen LogP contribution in [0, 0.1) is 6.92 Å². The van der Waals surface area contributed by atoms with Gasteiger partial charge in [-0.05, 0) is 56.6 Å². The van der Waals surface area contributed by atoms with Gasteiger partial charge in [-0.2, -0.15) is 18.2 Å². The smallest absolute Gasteiger partial charge is 0.493 e. The van der Waals surface area contributed by atoms with Crippen LogP contribution in [0.5, 0.6) is 5.75 Å². The molecule has 14 heteroatoms. The maximum absolute atomic E-state index is 13.4. The maximum Gasteiger partial charge on any atom is 0.493 e. The standard InChI is InChI=1S/C27H28ClF3N6O4/c1-16-34-35-25-21(15-23(38)36(13-5-3-4-12-32)41-26(39)27(29,30)31)33-24(17-6-8-18(28)9-7-17)20-14-19(40-2)10-11-22(20)37(16)25/h6-11,14,21H,3-5,12-13,15,32H2,1-2H3/t21-/m0/s1. The van der Waals surface area contributed by atoms with Crippen molar-refractivity contribution >= 4 is 29.2 Å². The summed E-state index contributed by atoms with van der Waals surface area (Å²) < 4.78 is 46.2. The van der Waals surface area contributed by atoms with Crippen LogP contribution < -0.4 is 10.5 Å². The highest BCUT2D eigenvalue weighted by Crippen LogP contribution is 2.35. The number of benzene rings is 2. The number of hydroxylamine groups is 2. The van der Waals surface area contributed by atoms with Crippen LogP contribution >= 0.6 is 11.6 Å². The zero-order valence-electron chi connectivity index (χ0n) is 22.3. The summed E-state index contributed by atoms with van der Waals surface area (Å²) in [5.41, 5.74) is 7.94. The Morgan fingerprint density at radius 2 is 1.83 bits per heavy atom. The average molecular weight is 593 g/mol. The molecule has 4 rings (SSSR count). The summed E-state index contributed by atoms with van der Waals surface area (Å²) in [5, 5.41) is 9.38. The number of rotatable bonds is 9. The molecule has 0 unspecified atom stereocenters. The molecule has 0 bridgehead atoms. The number of methoxy groups -OCH3 is 1. The van der Waals surface area contributed by atoms with E-state index in [1.165, 1.54) is 7.11 Å². The average Bonchev–Trinajstić information content (AvgIpc) is 3.26. The SMILES string of the molecule is COc1ccc2c(c1)C(c1ccc(Cl)cc1)=N[C@@H](CC(=O)N(CCCCCN)OC(=O)C(F)(F)F)c1nnc(C)n1-2. The Hall–Kier alpha value is -3.97. The number of aliphatic imine (C=N–C) groups is 1. The molecule has 1 aliphatic rings. The molecule has 0 saturated heterocycles. The first-order chi connectivity index (χ1) is 19.5. The number of alkyl halides is 3. The molecule has 3 aromatic rings. The number of fused-ring (bicyclic) bond motifs is 3. The van der Waals surface area contributed by atoms with E-state index in [1.807, 2.05) is 0 Å². The lowest BCUT2D eigenvalue weighted by molar-refractivity contribution is -0.237. The number of halogens is 4. The Bertz CT molecular complexity index is 1440. The minimum Gasteiger partial charge on any atom is -0.497 e. The monoisotopic (exact) mass is 592 g/mol. The van der Waals surface area contributed by atoms with Gasteiger partial charge in [0, 0.05) is 16.1 Å². The van der Waals surface area contributed by atoms with E-state index in [4.69, 9.17) is 27.1 Å². The molecule has 0 saturated carbocycles. The Labute approximate surface area is 238 Å². The van der Waals surface area contributed by atoms with Gasteiger partial charge >= 0.3 is 12.1 Å². The predicted molar refractivity (Wildman–Crippen MR) is 144 cm³/mol. The number of nitrogens with zero attached hydrogens (tertiary/aromatic N) is 5. The second-order valence-electron chi connectivity index (χ2n) is 9.25. The summed E-state index contributed by atoms with van der Waals surface area (Å²) in [6, 6.07) is 11.2. The molecule has 0 fully saturated rings. The van der Waals surface area contributed by atoms with Crippen LogP contribution in [0.1, 0.15) is 54.5 Å². The van der Waals surface area contributed by atoms with Gasteiger partial charge in [0.25, 0.3) is 5.91 Å². The third kappa shape index (κ3) is 6.85. The minimum atomic E-state index is -5.28. The highest BCUT2D eigenvalue weighted by atomic mass is 35.5. The Balaban J connectivity index is 1.77. The van der Waals surface area contributed by atoms with Crippen molar-refractivity contribution in [2.75, 3.05) is 20.2 Å². The number of unbranched alkanes of at least 4 members (excludes halogenated alkanes) is 2. The number of nitrogens with two attached hydrogens (primary N) is 1. The first-order valence-corrected chi connectivity index (χ1v) is 13.1. The summed E-state index contributed by atoms with van der Waals surface area (Å²) in [5.74, 6) is -2.03. The van der Waals surface area contributed by atoms with Gasteiger partial charge in [-0.3, -0.25) is 14.4 Å². The molecule has 2 aromatic carbocycles. The topological polar surface area (TPSA) is 125 Å². The lowest BCUT2D eigenvalue weighted by Crippen LogP contribution is -2.39. The van der Waals surface area contributed by atoms with Gasteiger partial charge in [0.05, 0.1) is 31.5 Å². The highest BCUT2D eigenvalue weighted by Gasteiger charge is 2.43. The largest absolute Gasteiger partial charge is 0.497 e. The van der Waals surface area contributed by atoms with Gasteiger partial charge in [0.15, 0.2) is 5.82 Å². The van der Waals surface area contributed by atoms with Crippen LogP contribution in [0.15, 0.2) is 47.5 Å². The van der Waals surface area contributed by atoms with Crippen LogP contribution in [0.4, 0.5) is 13.2 Å². The molecule has 1 atom stereocenters. The van der Waals surface area contributed by atoms with Crippen molar-refractivity contribution in [1.29, 1.82) is 0 Å². The summed E-state index contributed by atoms with van der Waals surface area (Å²) in [6.07, 6.45) is -4.34. The molecule has 1 amide bonds. The molecule has 1 aromatic heterocycles. The van der Waals surface area contributed by atoms with Crippen LogP contribution in [0.25, 0.3) is 5.69 Å². The van der Waals surface area contributed by atoms with Crippen molar-refractivity contribution in [3.05, 3.63) is 70.3 Å². The number of hydrogen-bond donors (Lipinski definition) is 1. The van der Waals surface area contributed by atoms with Gasteiger partial charge in [0.1, 0.15) is 17.6 Å². The number of ether oxygens (including phenoxy) is 1. The molecule has 218 valence electrons. The first kappa shape index (κ1) is 30.0. The van der Waals surface area contributed by atoms with Crippen molar-refractivity contribution in [2.45, 2.75) is 44.8 Å². The van der Waals surface area contributed by atoms with E-state index >= 15 is 0 Å². The van der Waals surface area contributed by atoms with E-state index in [9.17, 15) is 22.8 Å². The molecule has 2 heterocycles. The lowest BCUT2D eigenvalue weighted by atomic mass is 10.00. The van der Waals surface area contributed by atoms with Gasteiger partial charge in [-0.15, -0.1) is 10.2 Å². The van der Waals surface area contributed by atoms with E-state index in [-0.39, 0.29) is 18.8 Å². The Kier molecular flexibility index (Phi) is 9.28. The second-order valence-corrected chi connectivity index (χ2v) is 9.69. The van der Waals surface area contributed by atoms with Crippen molar-refractivity contribution in [1.82, 2.24) is 19.8 Å². The number of aryl methyl sites for hydroxylation is 1. The van der Waals surface area contributed by atoms with Gasteiger partial charge < -0.3 is 15.3 Å². The molecule has 0 aliphatic carbocycles. The third-order valence-electron chi connectivity index (χ3n) is 6.39. The molecular weight excluding hydrogens is 565 g/mol. The molecule has 0 spiro atoms. The van der Waals surface area contributed by atoms with Crippen molar-refractivity contribution in [2.24, 2.45) is 10.7 Å². The predicted octanol–water partition coefficient (Wildman–Crippen LogP) is 4.50. The summed E-state index contributed by atoms with van der Waals surface area (Å²) >= 11 is 6.11. The molecule has 0 radical (unpaired) electrons. The van der Waals surface area contributed by atoms with Crippen molar-refractivity contribution in [3.8, 4) is 11.4 Å². The Morgan fingerprint density at radius 1 is 1.10 bits per heavy atom. The summed E-state index contributed by atoms with van der Waals surface area (Å²) in [4.78, 5) is 34.5. The fourth-order valence-corrected chi connectivity index (χ4v) is 4.52. The van der Waals surface area contributed by atoms with Crippen LogP contribution in [-0.2, 0) is 14.4 Å². The van der Waals surface area contributed by atoms with E-state index in [0.717, 1.165) is 0 Å². The van der Waals surface area contributed by atoms with Crippen LogP contribution in [0.3, 0.4) is 0 Å².